The molecule has 3 N–H and O–H groups in total. The number of H-pyrrole nitrogens is 1. The van der Waals surface area contributed by atoms with E-state index >= 15 is 0 Å². The monoisotopic (exact) mass is 451 g/mol. The summed E-state index contributed by atoms with van der Waals surface area (Å²) < 4.78 is 5.76. The number of nitrogens with one attached hydrogen (secondary N) is 2. The number of fused-ring (bicyclic) bond motifs is 1. The van der Waals surface area contributed by atoms with E-state index in [-0.39, 0.29) is 22.9 Å². The first-order valence-electron chi connectivity index (χ1n) is 10.0. The van der Waals surface area contributed by atoms with E-state index in [2.05, 4.69) is 15.3 Å². The normalized spacial score (nSPS) is 14.7. The lowest BCUT2D eigenvalue weighted by molar-refractivity contribution is 0.0696. The third kappa shape index (κ3) is 5.06. The molecule has 0 aliphatic carbocycles. The zero-order valence-corrected chi connectivity index (χ0v) is 17.9. The van der Waals surface area contributed by atoms with Crippen LogP contribution in [0.15, 0.2) is 64.4 Å². The van der Waals surface area contributed by atoms with E-state index in [0.717, 1.165) is 11.1 Å². The number of rotatable bonds is 8. The van der Waals surface area contributed by atoms with Crippen LogP contribution in [0.2, 0.25) is 0 Å². The molecule has 1 aromatic heterocycles. The first-order chi connectivity index (χ1) is 15.5. The molecule has 0 fully saturated rings. The van der Waals surface area contributed by atoms with Crippen molar-refractivity contribution in [1.29, 1.82) is 0 Å². The highest BCUT2D eigenvalue weighted by molar-refractivity contribution is 7.99. The summed E-state index contributed by atoms with van der Waals surface area (Å²) in [5.41, 5.74) is 2.23. The van der Waals surface area contributed by atoms with Gasteiger partial charge in [0.15, 0.2) is 5.82 Å². The number of aromatic nitrogens is 2. The molecular weight excluding hydrogens is 430 g/mol. The van der Waals surface area contributed by atoms with Crippen LogP contribution in [-0.4, -0.2) is 39.3 Å². The first kappa shape index (κ1) is 21.8. The maximum atomic E-state index is 12.7. The van der Waals surface area contributed by atoms with Crippen molar-refractivity contribution in [2.45, 2.75) is 24.1 Å². The molecule has 1 aliphatic rings. The van der Waals surface area contributed by atoms with Crippen molar-refractivity contribution in [3.8, 4) is 0 Å². The van der Waals surface area contributed by atoms with Gasteiger partial charge in [0.05, 0.1) is 24.3 Å². The average molecular weight is 452 g/mol. The molecule has 0 radical (unpaired) electrons. The molecule has 0 spiro atoms. The van der Waals surface area contributed by atoms with Crippen LogP contribution in [-0.2, 0) is 17.9 Å². The van der Waals surface area contributed by atoms with Gasteiger partial charge < -0.3 is 20.1 Å². The van der Waals surface area contributed by atoms with Crippen molar-refractivity contribution in [3.05, 3.63) is 93.0 Å². The molecule has 8 nitrogen and oxygen atoms in total. The highest BCUT2D eigenvalue weighted by Crippen LogP contribution is 2.36. The summed E-state index contributed by atoms with van der Waals surface area (Å²) in [6, 6.07) is 16.0. The van der Waals surface area contributed by atoms with Gasteiger partial charge in [0, 0.05) is 18.2 Å². The molecular formula is C23H21N3O5S. The van der Waals surface area contributed by atoms with Gasteiger partial charge in [0.1, 0.15) is 5.03 Å². The summed E-state index contributed by atoms with van der Waals surface area (Å²) in [7, 11) is 0. The van der Waals surface area contributed by atoms with Gasteiger partial charge in [0.2, 0.25) is 0 Å². The Hall–Kier alpha value is -3.43. The molecule has 164 valence electrons. The van der Waals surface area contributed by atoms with Crippen LogP contribution in [0.3, 0.4) is 0 Å². The summed E-state index contributed by atoms with van der Waals surface area (Å²) in [5.74, 6) is -0.905. The topological polar surface area (TPSA) is 121 Å². The second-order valence-corrected chi connectivity index (χ2v) is 8.34. The molecule has 1 unspecified atom stereocenters. The molecule has 0 bridgehead atoms. The van der Waals surface area contributed by atoms with E-state index in [1.54, 1.807) is 12.1 Å². The lowest BCUT2D eigenvalue weighted by atomic mass is 10.1. The van der Waals surface area contributed by atoms with Crippen LogP contribution >= 0.6 is 11.8 Å². The molecule has 9 heteroatoms. The Bertz CT molecular complexity index is 1180. The van der Waals surface area contributed by atoms with Crippen LogP contribution in [0.1, 0.15) is 43.6 Å². The standard InChI is InChI=1S/C23H21N3O5S/c27-20-18-17(12-31-11-15-6-8-16(9-7-15)23(29)30)13-32-22(18)26-19(25-20)21(28)24-10-14-4-2-1-3-5-14/h1-9,17H,10-13H2,(H,24,28)(H,29,30)(H,25,26,27). The second-order valence-electron chi connectivity index (χ2n) is 7.33. The number of ether oxygens (including phenoxy) is 1. The maximum Gasteiger partial charge on any atom is 0.335 e. The lowest BCUT2D eigenvalue weighted by Crippen LogP contribution is -2.29. The molecule has 32 heavy (non-hydrogen) atoms. The van der Waals surface area contributed by atoms with Crippen LogP contribution in [0, 0.1) is 0 Å². The number of carboxylic acids is 1. The third-order valence-electron chi connectivity index (χ3n) is 5.05. The van der Waals surface area contributed by atoms with Crippen molar-refractivity contribution in [1.82, 2.24) is 15.3 Å². The SMILES string of the molecule is O=C(O)c1ccc(COCC2CSc3nc(C(=O)NCc4ccccc4)[nH]c(=O)c32)cc1. The van der Waals surface area contributed by atoms with Crippen molar-refractivity contribution in [2.24, 2.45) is 0 Å². The van der Waals surface area contributed by atoms with Crippen LogP contribution in [0.5, 0.6) is 0 Å². The van der Waals surface area contributed by atoms with Crippen LogP contribution in [0.25, 0.3) is 0 Å². The van der Waals surface area contributed by atoms with Crippen LogP contribution < -0.4 is 10.9 Å². The Labute approximate surface area is 188 Å². The largest absolute Gasteiger partial charge is 0.478 e. The van der Waals surface area contributed by atoms with Crippen molar-refractivity contribution >= 4 is 23.6 Å². The minimum absolute atomic E-state index is 0.00253. The fraction of sp³-hybridized carbons (Fsp3) is 0.217. The Kier molecular flexibility index (Phi) is 6.67. The predicted molar refractivity (Wildman–Crippen MR) is 119 cm³/mol. The molecule has 1 amide bonds. The molecule has 0 saturated carbocycles. The maximum absolute atomic E-state index is 12.7. The van der Waals surface area contributed by atoms with Gasteiger partial charge in [-0.1, -0.05) is 42.5 Å². The van der Waals surface area contributed by atoms with E-state index in [9.17, 15) is 14.4 Å². The average Bonchev–Trinajstić information content (AvgIpc) is 3.22. The first-order valence-corrected chi connectivity index (χ1v) is 11.0. The Morgan fingerprint density at radius 1 is 1.12 bits per heavy atom. The zero-order chi connectivity index (χ0) is 22.5. The Balaban J connectivity index is 1.36. The molecule has 1 aliphatic heterocycles. The molecule has 4 rings (SSSR count). The molecule has 0 saturated heterocycles. The summed E-state index contributed by atoms with van der Waals surface area (Å²) in [4.78, 5) is 43.0. The smallest absolute Gasteiger partial charge is 0.335 e. The lowest BCUT2D eigenvalue weighted by Gasteiger charge is -2.11. The van der Waals surface area contributed by atoms with Gasteiger partial charge in [-0.2, -0.15) is 0 Å². The number of thioether (sulfide) groups is 1. The number of benzene rings is 2. The number of carbonyl (C=O) groups is 2. The van der Waals surface area contributed by atoms with E-state index in [0.29, 0.717) is 36.1 Å². The number of aromatic carboxylic acids is 1. The van der Waals surface area contributed by atoms with Gasteiger partial charge in [-0.3, -0.25) is 9.59 Å². The number of aromatic amines is 1. The number of amides is 1. The molecule has 2 heterocycles. The highest BCUT2D eigenvalue weighted by atomic mass is 32.2. The van der Waals surface area contributed by atoms with Gasteiger partial charge in [-0.15, -0.1) is 11.8 Å². The fourth-order valence-corrected chi connectivity index (χ4v) is 4.55. The summed E-state index contributed by atoms with van der Waals surface area (Å²) >= 11 is 1.43. The van der Waals surface area contributed by atoms with Crippen molar-refractivity contribution in [2.75, 3.05) is 12.4 Å². The van der Waals surface area contributed by atoms with E-state index < -0.39 is 11.9 Å². The van der Waals surface area contributed by atoms with Gasteiger partial charge in [-0.05, 0) is 23.3 Å². The molecule has 2 aromatic carbocycles. The minimum atomic E-state index is -0.975. The Morgan fingerprint density at radius 3 is 2.59 bits per heavy atom. The van der Waals surface area contributed by atoms with E-state index in [1.807, 2.05) is 30.3 Å². The minimum Gasteiger partial charge on any atom is -0.478 e. The predicted octanol–water partition coefficient (Wildman–Crippen LogP) is 2.80. The zero-order valence-electron chi connectivity index (χ0n) is 17.0. The number of carbonyl (C=O) groups excluding carboxylic acids is 1. The quantitative estimate of drug-likeness (QED) is 0.450. The third-order valence-corrected chi connectivity index (χ3v) is 6.20. The highest BCUT2D eigenvalue weighted by Gasteiger charge is 2.29. The number of hydrogen-bond donors (Lipinski definition) is 3. The fourth-order valence-electron chi connectivity index (χ4n) is 3.36. The van der Waals surface area contributed by atoms with E-state index in [4.69, 9.17) is 9.84 Å². The summed E-state index contributed by atoms with van der Waals surface area (Å²) in [6.45, 7) is 0.976. The van der Waals surface area contributed by atoms with E-state index in [1.165, 1.54) is 23.9 Å². The van der Waals surface area contributed by atoms with Gasteiger partial charge in [0.25, 0.3) is 11.5 Å². The van der Waals surface area contributed by atoms with Crippen molar-refractivity contribution in [3.63, 3.8) is 0 Å². The summed E-state index contributed by atoms with van der Waals surface area (Å²) in [6.07, 6.45) is 0. The van der Waals surface area contributed by atoms with Gasteiger partial charge in [-0.25, -0.2) is 9.78 Å². The Morgan fingerprint density at radius 2 is 1.88 bits per heavy atom. The number of carboxylic acid groups (broad SMARTS) is 1. The molecule has 1 atom stereocenters. The molecule has 3 aromatic rings. The van der Waals surface area contributed by atoms with Gasteiger partial charge >= 0.3 is 5.97 Å². The second kappa shape index (κ2) is 9.80. The number of hydrogen-bond acceptors (Lipinski definition) is 6. The summed E-state index contributed by atoms with van der Waals surface area (Å²) in [5, 5.41) is 12.3. The number of nitrogens with zero attached hydrogens (tertiary/aromatic N) is 1. The van der Waals surface area contributed by atoms with Crippen LogP contribution in [0.4, 0.5) is 0 Å². The van der Waals surface area contributed by atoms with Crippen molar-refractivity contribution < 1.29 is 19.4 Å².